The number of H-pyrrole nitrogens is 1. The summed E-state index contributed by atoms with van der Waals surface area (Å²) in [5, 5.41) is 17.9. The third kappa shape index (κ3) is 7.54. The minimum Gasteiger partial charge on any atom is -0.475 e. The highest BCUT2D eigenvalue weighted by molar-refractivity contribution is 7.91. The molecule has 17 heteroatoms. The zero-order valence-corrected chi connectivity index (χ0v) is 25.1. The van der Waals surface area contributed by atoms with Gasteiger partial charge in [0.25, 0.3) is 5.56 Å². The zero-order chi connectivity index (χ0) is 33.2. The lowest BCUT2D eigenvalue weighted by Crippen LogP contribution is -2.21. The highest BCUT2D eigenvalue weighted by atomic mass is 32.2. The van der Waals surface area contributed by atoms with Gasteiger partial charge in [0.05, 0.1) is 39.4 Å². The molecule has 1 saturated carbocycles. The molecule has 0 unspecified atom stereocenters. The zero-order valence-electron chi connectivity index (χ0n) is 24.3. The number of carbonyl (C=O) groups is 2. The fourth-order valence-electron chi connectivity index (χ4n) is 4.96. The molecule has 6 rings (SSSR count). The molecule has 4 N–H and O–H groups in total. The van der Waals surface area contributed by atoms with Crippen molar-refractivity contribution in [2.45, 2.75) is 42.8 Å². The number of alkyl halides is 3. The molecule has 2 fully saturated rings. The fraction of sp³-hybridized carbons (Fsp3) is 0.345. The van der Waals surface area contributed by atoms with Crippen molar-refractivity contribution in [3.63, 3.8) is 0 Å². The Balaban J connectivity index is 0.000000537. The van der Waals surface area contributed by atoms with Crippen molar-refractivity contribution in [2.75, 3.05) is 30.1 Å². The van der Waals surface area contributed by atoms with E-state index >= 15 is 0 Å². The molecule has 0 atom stereocenters. The van der Waals surface area contributed by atoms with Crippen LogP contribution in [-0.4, -0.2) is 70.8 Å². The number of ether oxygens (including phenoxy) is 1. The van der Waals surface area contributed by atoms with E-state index in [4.69, 9.17) is 14.6 Å². The maximum atomic E-state index is 13.2. The van der Waals surface area contributed by atoms with Crippen molar-refractivity contribution in [3.05, 3.63) is 59.3 Å². The summed E-state index contributed by atoms with van der Waals surface area (Å²) in [6, 6.07) is 8.52. The molecule has 2 aliphatic rings. The monoisotopic (exact) mass is 662 g/mol. The van der Waals surface area contributed by atoms with Gasteiger partial charge in [-0.1, -0.05) is 12.1 Å². The first-order valence-electron chi connectivity index (χ1n) is 14.1. The molecule has 1 saturated heterocycles. The highest BCUT2D eigenvalue weighted by Gasteiger charge is 2.38. The second kappa shape index (κ2) is 12.9. The SMILES string of the molecule is CS(=O)(=O)c1c(Nc2cc(NC(=O)C3CC3)nc3cc[nH]c(=O)c23)cccc1-c1cnn(C2CCOCC2)c1.O=C(O)C(F)(F)F. The smallest absolute Gasteiger partial charge is 0.475 e. The van der Waals surface area contributed by atoms with E-state index < -0.39 is 27.5 Å². The van der Waals surface area contributed by atoms with E-state index in [0.29, 0.717) is 41.2 Å². The minimum absolute atomic E-state index is 0.0337. The predicted molar refractivity (Wildman–Crippen MR) is 161 cm³/mol. The van der Waals surface area contributed by atoms with Crippen LogP contribution in [0.3, 0.4) is 0 Å². The number of hydrogen-bond donors (Lipinski definition) is 4. The number of aromatic nitrogens is 4. The van der Waals surface area contributed by atoms with Crippen LogP contribution in [0.1, 0.15) is 31.7 Å². The van der Waals surface area contributed by atoms with Gasteiger partial charge in [0, 0.05) is 55.0 Å². The number of sulfone groups is 1. The Morgan fingerprint density at radius 1 is 1.11 bits per heavy atom. The maximum Gasteiger partial charge on any atom is 0.490 e. The van der Waals surface area contributed by atoms with E-state index in [0.717, 1.165) is 31.9 Å². The van der Waals surface area contributed by atoms with Crippen molar-refractivity contribution in [1.82, 2.24) is 19.7 Å². The molecule has 244 valence electrons. The Morgan fingerprint density at radius 2 is 1.80 bits per heavy atom. The van der Waals surface area contributed by atoms with Gasteiger partial charge in [-0.25, -0.2) is 18.2 Å². The number of carboxylic acids is 1. The number of rotatable bonds is 7. The third-order valence-corrected chi connectivity index (χ3v) is 8.49. The molecule has 1 aliphatic carbocycles. The van der Waals surface area contributed by atoms with Crippen LogP contribution in [0, 0.1) is 5.92 Å². The van der Waals surface area contributed by atoms with Gasteiger partial charge in [-0.2, -0.15) is 18.3 Å². The second-order valence-electron chi connectivity index (χ2n) is 10.8. The summed E-state index contributed by atoms with van der Waals surface area (Å²) in [5.74, 6) is -2.64. The fourth-order valence-corrected chi connectivity index (χ4v) is 6.07. The van der Waals surface area contributed by atoms with Crippen molar-refractivity contribution >= 4 is 49.8 Å². The van der Waals surface area contributed by atoms with Crippen molar-refractivity contribution < 1.29 is 41.0 Å². The quantitative estimate of drug-likeness (QED) is 0.223. The summed E-state index contributed by atoms with van der Waals surface area (Å²) < 4.78 is 65.4. The molecule has 1 aliphatic heterocycles. The van der Waals surface area contributed by atoms with Crippen molar-refractivity contribution in [1.29, 1.82) is 0 Å². The number of nitrogens with one attached hydrogen (secondary N) is 3. The average molecular weight is 663 g/mol. The lowest BCUT2D eigenvalue weighted by atomic mass is 10.1. The number of nitrogens with zero attached hydrogens (tertiary/aromatic N) is 3. The number of fused-ring (bicyclic) bond motifs is 1. The molecule has 4 aromatic rings. The number of carbonyl (C=O) groups excluding carboxylic acids is 1. The largest absolute Gasteiger partial charge is 0.490 e. The van der Waals surface area contributed by atoms with Gasteiger partial charge >= 0.3 is 12.1 Å². The molecule has 1 aromatic carbocycles. The van der Waals surface area contributed by atoms with Crippen LogP contribution >= 0.6 is 0 Å². The van der Waals surface area contributed by atoms with Crippen molar-refractivity contribution in [2.24, 2.45) is 5.92 Å². The summed E-state index contributed by atoms with van der Waals surface area (Å²) in [4.78, 5) is 41.3. The number of anilines is 3. The number of aromatic amines is 1. The highest BCUT2D eigenvalue weighted by Crippen LogP contribution is 2.37. The summed E-state index contributed by atoms with van der Waals surface area (Å²) >= 11 is 0. The van der Waals surface area contributed by atoms with Crippen LogP contribution in [0.4, 0.5) is 30.4 Å². The van der Waals surface area contributed by atoms with E-state index in [1.807, 2.05) is 10.9 Å². The van der Waals surface area contributed by atoms with Crippen molar-refractivity contribution in [3.8, 4) is 11.1 Å². The number of halogens is 3. The molecule has 0 radical (unpaired) electrons. The van der Waals surface area contributed by atoms with Crippen LogP contribution in [0.25, 0.3) is 22.0 Å². The topological polar surface area (TPSA) is 185 Å². The number of amides is 1. The number of pyridine rings is 2. The van der Waals surface area contributed by atoms with Gasteiger partial charge in [0.15, 0.2) is 9.84 Å². The molecular weight excluding hydrogens is 633 g/mol. The minimum atomic E-state index is -5.08. The number of aliphatic carboxylic acids is 1. The summed E-state index contributed by atoms with van der Waals surface area (Å²) in [5.41, 5.74) is 1.76. The molecule has 3 aromatic heterocycles. The van der Waals surface area contributed by atoms with Gasteiger partial charge in [-0.15, -0.1) is 0 Å². The van der Waals surface area contributed by atoms with Gasteiger partial charge in [0.2, 0.25) is 5.91 Å². The molecule has 46 heavy (non-hydrogen) atoms. The Morgan fingerprint density at radius 3 is 2.43 bits per heavy atom. The van der Waals surface area contributed by atoms with E-state index in [2.05, 4.69) is 25.7 Å². The third-order valence-electron chi connectivity index (χ3n) is 7.30. The molecule has 1 amide bonds. The first kappa shape index (κ1) is 32.6. The van der Waals surface area contributed by atoms with Gasteiger partial charge in [0.1, 0.15) is 5.82 Å². The summed E-state index contributed by atoms with van der Waals surface area (Å²) in [6.07, 6.45) is 4.42. The molecule has 0 bridgehead atoms. The van der Waals surface area contributed by atoms with Crippen LogP contribution < -0.4 is 16.2 Å². The van der Waals surface area contributed by atoms with E-state index in [1.54, 1.807) is 36.5 Å². The molecular formula is C29H29F3N6O7S. The molecule has 4 heterocycles. The first-order chi connectivity index (χ1) is 21.7. The van der Waals surface area contributed by atoms with Gasteiger partial charge in [-0.05, 0) is 37.8 Å². The number of benzene rings is 1. The van der Waals surface area contributed by atoms with Crippen LogP contribution in [0.2, 0.25) is 0 Å². The maximum absolute atomic E-state index is 13.2. The Kier molecular flexibility index (Phi) is 9.16. The van der Waals surface area contributed by atoms with Gasteiger partial charge < -0.3 is 25.5 Å². The standard InChI is InChI=1S/C27H28N6O5S.C2HF3O2/c1-39(36,37)25-19(17-14-29-33(15-17)18-8-11-38-12-9-18)3-2-4-21(25)30-22-13-23(32-26(34)16-5-6-16)31-20-7-10-28-27(35)24(20)22;3-2(4,5)1(6)7/h2-4,7,10,13-16,18H,5-6,8-9,11-12H2,1H3,(H,28,35)(H2,30,31,32,34);(H,6,7). The van der Waals surface area contributed by atoms with E-state index in [-0.39, 0.29) is 34.0 Å². The first-order valence-corrected chi connectivity index (χ1v) is 16.0. The normalized spacial score (nSPS) is 15.6. The molecule has 0 spiro atoms. The predicted octanol–water partition coefficient (Wildman–Crippen LogP) is 4.27. The average Bonchev–Trinajstić information content (AvgIpc) is 3.73. The van der Waals surface area contributed by atoms with Gasteiger partial charge in [-0.3, -0.25) is 14.3 Å². The lowest BCUT2D eigenvalue weighted by Gasteiger charge is -2.22. The van der Waals surface area contributed by atoms with E-state index in [9.17, 15) is 31.2 Å². The number of carboxylic acid groups (broad SMARTS) is 1. The number of hydrogen-bond acceptors (Lipinski definition) is 9. The Hall–Kier alpha value is -4.77. The second-order valence-corrected chi connectivity index (χ2v) is 12.8. The summed E-state index contributed by atoms with van der Waals surface area (Å²) in [6.45, 7) is 1.33. The van der Waals surface area contributed by atoms with E-state index in [1.165, 1.54) is 6.20 Å². The lowest BCUT2D eigenvalue weighted by molar-refractivity contribution is -0.192. The Labute approximate surface area is 259 Å². The summed E-state index contributed by atoms with van der Waals surface area (Å²) in [7, 11) is -3.73. The van der Waals surface area contributed by atoms with Crippen LogP contribution in [0.15, 0.2) is 58.6 Å². The van der Waals surface area contributed by atoms with Crippen LogP contribution in [-0.2, 0) is 24.2 Å². The molecule has 13 nitrogen and oxygen atoms in total. The van der Waals surface area contributed by atoms with Crippen LogP contribution in [0.5, 0.6) is 0 Å². The Bertz CT molecular complexity index is 1950.